The number of allylic oxidation sites excluding steroid dienone is 2. The number of hydrogen-bond donors (Lipinski definition) is 1. The Kier molecular flexibility index (Phi) is 5.20. The number of rotatable bonds is 5. The minimum Gasteiger partial charge on any atom is -0.255 e. The van der Waals surface area contributed by atoms with Crippen molar-refractivity contribution in [1.29, 1.82) is 0 Å². The lowest BCUT2D eigenvalue weighted by Gasteiger charge is -2.08. The molecule has 0 aromatic carbocycles. The van der Waals surface area contributed by atoms with Crippen molar-refractivity contribution >= 4 is 10.3 Å². The van der Waals surface area contributed by atoms with Crippen molar-refractivity contribution in [3.63, 3.8) is 0 Å². The van der Waals surface area contributed by atoms with Crippen molar-refractivity contribution in [2.75, 3.05) is 0 Å². The van der Waals surface area contributed by atoms with Gasteiger partial charge in [-0.2, -0.15) is 8.42 Å². The summed E-state index contributed by atoms with van der Waals surface area (Å²) in [6, 6.07) is 0. The first kappa shape index (κ1) is 12.6. The van der Waals surface area contributed by atoms with Crippen molar-refractivity contribution in [2.45, 2.75) is 39.7 Å². The molecule has 0 rings (SSSR count). The van der Waals surface area contributed by atoms with E-state index < -0.39 is 10.3 Å². The molecule has 0 aliphatic heterocycles. The van der Waals surface area contributed by atoms with Gasteiger partial charge in [-0.1, -0.05) is 11.6 Å². The van der Waals surface area contributed by atoms with Crippen LogP contribution in [0.25, 0.3) is 0 Å². The molecule has 0 saturated heterocycles. The maximum Gasteiger partial charge on any atom is 0.333 e. The van der Waals surface area contributed by atoms with Gasteiger partial charge in [0.05, 0.1) is 6.10 Å². The summed E-state index contributed by atoms with van der Waals surface area (Å²) in [7, 11) is -3.79. The highest BCUT2D eigenvalue weighted by Gasteiger charge is 2.09. The highest BCUT2D eigenvalue weighted by Crippen LogP contribution is 2.05. The highest BCUT2D eigenvalue weighted by molar-refractivity contribution is 7.84. The average Bonchev–Trinajstić information content (AvgIpc) is 1.81. The van der Waals surface area contributed by atoms with Gasteiger partial charge in [0.15, 0.2) is 0 Å². The fraction of sp³-hybridized carbons (Fsp3) is 0.750. The van der Waals surface area contributed by atoms with Gasteiger partial charge in [0.2, 0.25) is 0 Å². The molecule has 0 radical (unpaired) electrons. The Hall–Kier alpha value is -0.390. The van der Waals surface area contributed by atoms with Crippen LogP contribution in [0.2, 0.25) is 0 Å². The molecule has 0 saturated carbocycles. The predicted molar refractivity (Wildman–Crippen MR) is 52.3 cm³/mol. The smallest absolute Gasteiger partial charge is 0.255 e. The second kappa shape index (κ2) is 5.36. The van der Waals surface area contributed by atoms with E-state index in [1.165, 1.54) is 5.57 Å². The Morgan fingerprint density at radius 1 is 1.54 bits per heavy atom. The fourth-order valence-corrected chi connectivity index (χ4v) is 1.44. The van der Waals surface area contributed by atoms with E-state index in [0.717, 1.165) is 6.42 Å². The molecule has 0 aliphatic rings. The van der Waals surface area contributed by atoms with Gasteiger partial charge in [0.25, 0.3) is 0 Å². The van der Waals surface area contributed by atoms with E-state index in [9.17, 15) is 8.42 Å². The third-order valence-electron chi connectivity index (χ3n) is 1.42. The van der Waals surface area contributed by atoms with E-state index in [4.69, 9.17) is 5.14 Å². The van der Waals surface area contributed by atoms with Crippen LogP contribution < -0.4 is 5.14 Å². The zero-order valence-corrected chi connectivity index (χ0v) is 9.10. The summed E-state index contributed by atoms with van der Waals surface area (Å²) < 4.78 is 25.5. The van der Waals surface area contributed by atoms with Crippen molar-refractivity contribution in [1.82, 2.24) is 0 Å². The first-order chi connectivity index (χ1) is 5.81. The van der Waals surface area contributed by atoms with Gasteiger partial charge in [-0.25, -0.2) is 5.14 Å². The Bertz CT molecular complexity index is 265. The lowest BCUT2D eigenvalue weighted by atomic mass is 10.2. The highest BCUT2D eigenvalue weighted by atomic mass is 32.2. The molecule has 2 N–H and O–H groups in total. The summed E-state index contributed by atoms with van der Waals surface area (Å²) in [5.74, 6) is 0. The minimum absolute atomic E-state index is 0.356. The molecular weight excluding hydrogens is 190 g/mol. The van der Waals surface area contributed by atoms with E-state index in [1.54, 1.807) is 6.92 Å². The summed E-state index contributed by atoms with van der Waals surface area (Å²) in [6.45, 7) is 5.67. The molecule has 78 valence electrons. The molecule has 0 bridgehead atoms. The minimum atomic E-state index is -3.79. The van der Waals surface area contributed by atoms with Gasteiger partial charge in [0, 0.05) is 0 Å². The van der Waals surface area contributed by atoms with Gasteiger partial charge in [-0.3, -0.25) is 4.18 Å². The number of nitrogens with two attached hydrogens (primary N) is 1. The Morgan fingerprint density at radius 2 is 2.08 bits per heavy atom. The zero-order chi connectivity index (χ0) is 10.5. The van der Waals surface area contributed by atoms with Gasteiger partial charge in [0.1, 0.15) is 0 Å². The van der Waals surface area contributed by atoms with E-state index in [-0.39, 0.29) is 6.10 Å². The molecule has 4 nitrogen and oxygen atoms in total. The standard InChI is InChI=1S/C8H17NO3S/c1-7(2)5-4-6-8(3)12-13(9,10)11/h5,8H,4,6H2,1-3H3,(H2,9,10,11)/t8-/m0/s1. The molecule has 13 heavy (non-hydrogen) atoms. The van der Waals surface area contributed by atoms with E-state index >= 15 is 0 Å². The predicted octanol–water partition coefficient (Wildman–Crippen LogP) is 1.34. The topological polar surface area (TPSA) is 69.4 Å². The normalized spacial score (nSPS) is 13.8. The van der Waals surface area contributed by atoms with Crippen molar-refractivity contribution < 1.29 is 12.6 Å². The van der Waals surface area contributed by atoms with Crippen LogP contribution in [-0.4, -0.2) is 14.5 Å². The van der Waals surface area contributed by atoms with Crippen LogP contribution >= 0.6 is 0 Å². The first-order valence-electron chi connectivity index (χ1n) is 4.15. The molecule has 0 spiro atoms. The SMILES string of the molecule is CC(C)=CCC[C@H](C)OS(N)(=O)=O. The Morgan fingerprint density at radius 3 is 2.46 bits per heavy atom. The number of hydrogen-bond acceptors (Lipinski definition) is 3. The van der Waals surface area contributed by atoms with Crippen LogP contribution in [0.1, 0.15) is 33.6 Å². The van der Waals surface area contributed by atoms with Crippen molar-refractivity contribution in [3.05, 3.63) is 11.6 Å². The second-order valence-corrected chi connectivity index (χ2v) is 4.44. The molecule has 1 atom stereocenters. The molecule has 5 heteroatoms. The van der Waals surface area contributed by atoms with Gasteiger partial charge in [-0.15, -0.1) is 0 Å². The second-order valence-electron chi connectivity index (χ2n) is 3.26. The van der Waals surface area contributed by atoms with Crippen molar-refractivity contribution in [3.8, 4) is 0 Å². The molecule has 0 fully saturated rings. The lowest BCUT2D eigenvalue weighted by molar-refractivity contribution is 0.220. The van der Waals surface area contributed by atoms with Crippen LogP contribution in [0.3, 0.4) is 0 Å². The summed E-state index contributed by atoms with van der Waals surface area (Å²) in [5.41, 5.74) is 1.21. The quantitative estimate of drug-likeness (QED) is 0.692. The van der Waals surface area contributed by atoms with Crippen LogP contribution in [0.15, 0.2) is 11.6 Å². The van der Waals surface area contributed by atoms with Gasteiger partial charge in [-0.05, 0) is 33.6 Å². The van der Waals surface area contributed by atoms with Crippen LogP contribution in [0, 0.1) is 0 Å². The van der Waals surface area contributed by atoms with Crippen molar-refractivity contribution in [2.24, 2.45) is 5.14 Å². The molecule has 0 amide bonds. The molecule has 0 aromatic rings. The monoisotopic (exact) mass is 207 g/mol. The van der Waals surface area contributed by atoms with Crippen LogP contribution in [-0.2, 0) is 14.5 Å². The van der Waals surface area contributed by atoms with Gasteiger partial charge < -0.3 is 0 Å². The van der Waals surface area contributed by atoms with Crippen LogP contribution in [0.5, 0.6) is 0 Å². The lowest BCUT2D eigenvalue weighted by Crippen LogP contribution is -2.21. The third-order valence-corrected chi connectivity index (χ3v) is 2.02. The maximum atomic E-state index is 10.5. The average molecular weight is 207 g/mol. The Labute approximate surface area is 80.0 Å². The molecular formula is C8H17NO3S. The van der Waals surface area contributed by atoms with Gasteiger partial charge >= 0.3 is 10.3 Å². The molecule has 0 aromatic heterocycles. The zero-order valence-electron chi connectivity index (χ0n) is 8.28. The largest absolute Gasteiger partial charge is 0.333 e. The first-order valence-corrected chi connectivity index (χ1v) is 5.63. The summed E-state index contributed by atoms with van der Waals surface area (Å²) in [5, 5.41) is 4.70. The van der Waals surface area contributed by atoms with E-state index in [2.05, 4.69) is 4.18 Å². The fourth-order valence-electron chi connectivity index (χ4n) is 0.884. The van der Waals surface area contributed by atoms with Crippen LogP contribution in [0.4, 0.5) is 0 Å². The summed E-state index contributed by atoms with van der Waals surface area (Å²) >= 11 is 0. The molecule has 0 unspecified atom stereocenters. The molecule has 0 aliphatic carbocycles. The summed E-state index contributed by atoms with van der Waals surface area (Å²) in [6.07, 6.45) is 3.13. The van der Waals surface area contributed by atoms with E-state index in [1.807, 2.05) is 19.9 Å². The third kappa shape index (κ3) is 9.52. The summed E-state index contributed by atoms with van der Waals surface area (Å²) in [4.78, 5) is 0. The maximum absolute atomic E-state index is 10.5. The molecule has 0 heterocycles. The van der Waals surface area contributed by atoms with E-state index in [0.29, 0.717) is 6.42 Å². The Balaban J connectivity index is 3.77.